The smallest absolute Gasteiger partial charge is 0.222 e. The Balaban J connectivity index is 1.86. The van der Waals surface area contributed by atoms with Crippen LogP contribution in [-0.4, -0.2) is 55.9 Å². The summed E-state index contributed by atoms with van der Waals surface area (Å²) in [5, 5.41) is 2.88. The minimum absolute atomic E-state index is 0.109. The number of sulfone groups is 1. The van der Waals surface area contributed by atoms with Crippen molar-refractivity contribution >= 4 is 15.7 Å². The molecule has 0 aromatic rings. The van der Waals surface area contributed by atoms with Crippen LogP contribution in [0.5, 0.6) is 0 Å². The molecule has 20 heavy (non-hydrogen) atoms. The standard InChI is InChI=1S/C14H26N2O3S/c1-11-12(2)20(18,19)10-9-16(11)14(17)4-3-13-5-7-15-8-6-13/h11-13,15H,3-10H2,1-2H3. The van der Waals surface area contributed by atoms with Crippen molar-refractivity contribution in [3.8, 4) is 0 Å². The molecular formula is C14H26N2O3S. The quantitative estimate of drug-likeness (QED) is 0.837. The molecule has 1 N–H and O–H groups in total. The summed E-state index contributed by atoms with van der Waals surface area (Å²) in [6, 6.07) is -0.200. The van der Waals surface area contributed by atoms with Gasteiger partial charge in [0.05, 0.1) is 11.0 Å². The van der Waals surface area contributed by atoms with Gasteiger partial charge in [-0.2, -0.15) is 0 Å². The van der Waals surface area contributed by atoms with E-state index in [2.05, 4.69) is 5.32 Å². The molecule has 0 aliphatic carbocycles. The lowest BCUT2D eigenvalue weighted by molar-refractivity contribution is -0.133. The van der Waals surface area contributed by atoms with Crippen molar-refractivity contribution in [1.82, 2.24) is 10.2 Å². The Morgan fingerprint density at radius 3 is 2.55 bits per heavy atom. The molecule has 2 rings (SSSR count). The first kappa shape index (κ1) is 15.8. The fraction of sp³-hybridized carbons (Fsp3) is 0.929. The van der Waals surface area contributed by atoms with Gasteiger partial charge in [0.15, 0.2) is 9.84 Å². The number of hydrogen-bond acceptors (Lipinski definition) is 4. The molecule has 0 aromatic carbocycles. The SMILES string of the molecule is CC1C(C)S(=O)(=O)CCN1C(=O)CCC1CCNCC1. The second-order valence-electron chi connectivity index (χ2n) is 6.13. The number of nitrogens with one attached hydrogen (secondary N) is 1. The van der Waals surface area contributed by atoms with Crippen LogP contribution in [-0.2, 0) is 14.6 Å². The Bertz CT molecular complexity index is 443. The molecule has 0 saturated carbocycles. The predicted molar refractivity (Wildman–Crippen MR) is 79.3 cm³/mol. The number of carbonyl (C=O) groups excluding carboxylic acids is 1. The van der Waals surface area contributed by atoms with Crippen molar-refractivity contribution in [3.63, 3.8) is 0 Å². The van der Waals surface area contributed by atoms with Gasteiger partial charge in [-0.05, 0) is 52.1 Å². The van der Waals surface area contributed by atoms with E-state index in [0.29, 0.717) is 18.9 Å². The van der Waals surface area contributed by atoms with E-state index in [9.17, 15) is 13.2 Å². The van der Waals surface area contributed by atoms with Crippen LogP contribution in [0.2, 0.25) is 0 Å². The van der Waals surface area contributed by atoms with E-state index in [0.717, 1.165) is 32.4 Å². The normalized spacial score (nSPS) is 31.2. The fourth-order valence-corrected chi connectivity index (χ4v) is 4.73. The topological polar surface area (TPSA) is 66.5 Å². The maximum absolute atomic E-state index is 12.3. The molecule has 5 nitrogen and oxygen atoms in total. The van der Waals surface area contributed by atoms with E-state index in [1.165, 1.54) is 0 Å². The molecule has 0 bridgehead atoms. The van der Waals surface area contributed by atoms with Crippen molar-refractivity contribution in [2.24, 2.45) is 5.92 Å². The van der Waals surface area contributed by atoms with Crippen molar-refractivity contribution in [3.05, 3.63) is 0 Å². The maximum atomic E-state index is 12.3. The minimum atomic E-state index is -3.01. The Labute approximate surface area is 122 Å². The summed E-state index contributed by atoms with van der Waals surface area (Å²) in [4.78, 5) is 14.1. The van der Waals surface area contributed by atoms with Gasteiger partial charge >= 0.3 is 0 Å². The van der Waals surface area contributed by atoms with Crippen LogP contribution in [0.4, 0.5) is 0 Å². The molecule has 116 valence electrons. The van der Waals surface area contributed by atoms with E-state index in [-0.39, 0.29) is 17.7 Å². The lowest BCUT2D eigenvalue weighted by Gasteiger charge is -2.38. The third-order valence-electron chi connectivity index (χ3n) is 4.90. The first-order valence-corrected chi connectivity index (χ1v) is 9.35. The van der Waals surface area contributed by atoms with Gasteiger partial charge < -0.3 is 10.2 Å². The van der Waals surface area contributed by atoms with E-state index < -0.39 is 15.1 Å². The summed E-state index contributed by atoms with van der Waals surface area (Å²) in [6.45, 7) is 6.03. The third-order valence-corrected chi connectivity index (χ3v) is 7.18. The highest BCUT2D eigenvalue weighted by atomic mass is 32.2. The third kappa shape index (κ3) is 3.52. The average molecular weight is 302 g/mol. The number of hydrogen-bond donors (Lipinski definition) is 1. The van der Waals surface area contributed by atoms with Crippen molar-refractivity contribution < 1.29 is 13.2 Å². The van der Waals surface area contributed by atoms with Gasteiger partial charge in [-0.1, -0.05) is 0 Å². The van der Waals surface area contributed by atoms with E-state index in [4.69, 9.17) is 0 Å². The molecule has 2 atom stereocenters. The van der Waals surface area contributed by atoms with Gasteiger partial charge in [0.2, 0.25) is 5.91 Å². The number of carbonyl (C=O) groups is 1. The zero-order chi connectivity index (χ0) is 14.8. The van der Waals surface area contributed by atoms with Crippen LogP contribution >= 0.6 is 0 Å². The summed E-state index contributed by atoms with van der Waals surface area (Å²) in [6.07, 6.45) is 3.79. The largest absolute Gasteiger partial charge is 0.338 e. The Kier molecular flexibility index (Phi) is 5.07. The second kappa shape index (κ2) is 6.43. The molecule has 2 heterocycles. The highest BCUT2D eigenvalue weighted by Crippen LogP contribution is 2.23. The lowest BCUT2D eigenvalue weighted by atomic mass is 9.93. The number of piperidine rings is 1. The molecule has 0 aromatic heterocycles. The van der Waals surface area contributed by atoms with Crippen molar-refractivity contribution in [2.45, 2.75) is 50.8 Å². The van der Waals surface area contributed by atoms with E-state index in [1.807, 2.05) is 6.92 Å². The van der Waals surface area contributed by atoms with Crippen LogP contribution in [0.15, 0.2) is 0 Å². The van der Waals surface area contributed by atoms with Crippen LogP contribution in [0.25, 0.3) is 0 Å². The monoisotopic (exact) mass is 302 g/mol. The summed E-state index contributed by atoms with van der Waals surface area (Å²) < 4.78 is 23.6. The molecule has 2 fully saturated rings. The van der Waals surface area contributed by atoms with Crippen molar-refractivity contribution in [2.75, 3.05) is 25.4 Å². The molecule has 1 amide bonds. The zero-order valence-electron chi connectivity index (χ0n) is 12.5. The number of amides is 1. The second-order valence-corrected chi connectivity index (χ2v) is 8.61. The van der Waals surface area contributed by atoms with Gasteiger partial charge in [0.25, 0.3) is 0 Å². The number of rotatable bonds is 3. The zero-order valence-corrected chi connectivity index (χ0v) is 13.3. The molecule has 2 aliphatic heterocycles. The minimum Gasteiger partial charge on any atom is -0.338 e. The Morgan fingerprint density at radius 2 is 1.90 bits per heavy atom. The molecule has 2 unspecified atom stereocenters. The first-order valence-electron chi connectivity index (χ1n) is 7.63. The molecule has 6 heteroatoms. The van der Waals surface area contributed by atoms with E-state index >= 15 is 0 Å². The van der Waals surface area contributed by atoms with Crippen LogP contribution in [0.1, 0.15) is 39.5 Å². The highest BCUT2D eigenvalue weighted by molar-refractivity contribution is 7.92. The lowest BCUT2D eigenvalue weighted by Crippen LogP contribution is -2.54. The van der Waals surface area contributed by atoms with Crippen LogP contribution < -0.4 is 5.32 Å². The van der Waals surface area contributed by atoms with Gasteiger partial charge in [0.1, 0.15) is 0 Å². The summed E-state index contributed by atoms with van der Waals surface area (Å²) in [5.74, 6) is 0.872. The van der Waals surface area contributed by atoms with Gasteiger partial charge in [-0.25, -0.2) is 8.42 Å². The summed E-state index contributed by atoms with van der Waals surface area (Å²) >= 11 is 0. The predicted octanol–water partition coefficient (Wildman–Crippen LogP) is 0.800. The van der Waals surface area contributed by atoms with Crippen LogP contribution in [0.3, 0.4) is 0 Å². The number of nitrogens with zero attached hydrogens (tertiary/aromatic N) is 1. The highest BCUT2D eigenvalue weighted by Gasteiger charge is 2.37. The Morgan fingerprint density at radius 1 is 1.25 bits per heavy atom. The van der Waals surface area contributed by atoms with Crippen LogP contribution in [0, 0.1) is 5.92 Å². The molecule has 0 radical (unpaired) electrons. The maximum Gasteiger partial charge on any atom is 0.222 e. The molecule has 0 spiro atoms. The van der Waals surface area contributed by atoms with Gasteiger partial charge in [-0.3, -0.25) is 4.79 Å². The molecular weight excluding hydrogens is 276 g/mol. The fourth-order valence-electron chi connectivity index (χ4n) is 3.16. The van der Waals surface area contributed by atoms with Gasteiger partial charge in [-0.15, -0.1) is 0 Å². The van der Waals surface area contributed by atoms with E-state index in [1.54, 1.807) is 11.8 Å². The summed E-state index contributed by atoms with van der Waals surface area (Å²) in [7, 11) is -3.01. The summed E-state index contributed by atoms with van der Waals surface area (Å²) in [5.41, 5.74) is 0. The molecule has 2 saturated heterocycles. The molecule has 2 aliphatic rings. The van der Waals surface area contributed by atoms with Crippen molar-refractivity contribution in [1.29, 1.82) is 0 Å². The average Bonchev–Trinajstić information content (AvgIpc) is 2.44. The Hall–Kier alpha value is -0.620. The first-order chi connectivity index (χ1) is 9.42. The van der Waals surface area contributed by atoms with Gasteiger partial charge in [0, 0.05) is 19.0 Å².